The van der Waals surface area contributed by atoms with Crippen molar-refractivity contribution in [2.45, 2.75) is 13.0 Å². The Morgan fingerprint density at radius 2 is 1.90 bits per heavy atom. The zero-order valence-electron chi connectivity index (χ0n) is 16.0. The summed E-state index contributed by atoms with van der Waals surface area (Å²) in [5.74, 6) is 0.126. The van der Waals surface area contributed by atoms with E-state index in [-0.39, 0.29) is 29.5 Å². The third kappa shape index (κ3) is 4.59. The number of hydrogen-bond donors (Lipinski definition) is 2. The van der Waals surface area contributed by atoms with Gasteiger partial charge in [-0.3, -0.25) is 4.79 Å². The number of aromatic nitrogens is 3. The lowest BCUT2D eigenvalue weighted by molar-refractivity contribution is -0.114. The molecule has 0 bridgehead atoms. The van der Waals surface area contributed by atoms with Crippen LogP contribution in [-0.4, -0.2) is 40.1 Å². The molecule has 0 saturated carbocycles. The molecule has 0 spiro atoms. The van der Waals surface area contributed by atoms with Gasteiger partial charge in [-0.05, 0) is 42.5 Å². The van der Waals surface area contributed by atoms with Crippen LogP contribution < -0.4 is 20.3 Å². The molecule has 0 unspecified atom stereocenters. The summed E-state index contributed by atoms with van der Waals surface area (Å²) >= 11 is 0. The lowest BCUT2D eigenvalue weighted by Gasteiger charge is -2.38. The molecule has 0 aliphatic carbocycles. The molecule has 0 atom stereocenters. The first-order chi connectivity index (χ1) is 14.5. The standard InChI is InChI=1S/C20H18F2N6O2/c1-12(29)25-18-8-14(4-7-17(18)22)26-19-23-11-24-20(27-19)28-9-16(10-28)30-15-5-2-13(21)3-6-15/h2-8,11,16H,9-10H2,1H3,(H,25,29)(H,23,24,26,27). The maximum atomic E-state index is 13.8. The van der Waals surface area contributed by atoms with E-state index in [0.29, 0.717) is 30.5 Å². The molecule has 10 heteroatoms. The predicted molar refractivity (Wildman–Crippen MR) is 107 cm³/mol. The first-order valence-corrected chi connectivity index (χ1v) is 9.16. The summed E-state index contributed by atoms with van der Waals surface area (Å²) in [4.78, 5) is 25.7. The number of rotatable bonds is 6. The molecule has 154 valence electrons. The Morgan fingerprint density at radius 3 is 2.63 bits per heavy atom. The van der Waals surface area contributed by atoms with Crippen molar-refractivity contribution in [3.05, 3.63) is 60.4 Å². The minimum absolute atomic E-state index is 0.0547. The molecule has 1 amide bonds. The summed E-state index contributed by atoms with van der Waals surface area (Å²) in [5.41, 5.74) is 0.573. The van der Waals surface area contributed by atoms with Crippen LogP contribution in [-0.2, 0) is 4.79 Å². The normalized spacial score (nSPS) is 13.5. The van der Waals surface area contributed by atoms with Crippen molar-refractivity contribution >= 4 is 29.2 Å². The Labute approximate surface area is 170 Å². The molecule has 8 nitrogen and oxygen atoms in total. The van der Waals surface area contributed by atoms with Gasteiger partial charge >= 0.3 is 0 Å². The number of halogens is 2. The maximum absolute atomic E-state index is 13.8. The Kier molecular flexibility index (Phi) is 5.38. The third-order valence-electron chi connectivity index (χ3n) is 4.34. The van der Waals surface area contributed by atoms with Crippen LogP contribution >= 0.6 is 0 Å². The van der Waals surface area contributed by atoms with Gasteiger partial charge in [0.15, 0.2) is 0 Å². The highest BCUT2D eigenvalue weighted by atomic mass is 19.1. The van der Waals surface area contributed by atoms with E-state index in [1.54, 1.807) is 12.1 Å². The number of ether oxygens (including phenoxy) is 1. The van der Waals surface area contributed by atoms with E-state index in [1.165, 1.54) is 43.6 Å². The summed E-state index contributed by atoms with van der Waals surface area (Å²) in [6.45, 7) is 2.45. The van der Waals surface area contributed by atoms with E-state index in [2.05, 4.69) is 25.6 Å². The SMILES string of the molecule is CC(=O)Nc1cc(Nc2ncnc(N3CC(Oc4ccc(F)cc4)C3)n2)ccc1F. The summed E-state index contributed by atoms with van der Waals surface area (Å²) < 4.78 is 32.5. The van der Waals surface area contributed by atoms with Crippen LogP contribution in [0.5, 0.6) is 5.75 Å². The van der Waals surface area contributed by atoms with Crippen LogP contribution in [0.4, 0.5) is 32.1 Å². The number of nitrogens with one attached hydrogen (secondary N) is 2. The van der Waals surface area contributed by atoms with E-state index in [1.807, 2.05) is 4.90 Å². The smallest absolute Gasteiger partial charge is 0.231 e. The van der Waals surface area contributed by atoms with Gasteiger partial charge in [-0.1, -0.05) is 0 Å². The van der Waals surface area contributed by atoms with Crippen LogP contribution in [0.15, 0.2) is 48.8 Å². The van der Waals surface area contributed by atoms with E-state index >= 15 is 0 Å². The topological polar surface area (TPSA) is 92.3 Å². The molecular formula is C20H18F2N6O2. The van der Waals surface area contributed by atoms with Crippen molar-refractivity contribution in [3.8, 4) is 5.75 Å². The van der Waals surface area contributed by atoms with Crippen molar-refractivity contribution in [3.63, 3.8) is 0 Å². The van der Waals surface area contributed by atoms with Gasteiger partial charge in [0.05, 0.1) is 18.8 Å². The number of anilines is 4. The number of carbonyl (C=O) groups excluding carboxylic acids is 1. The summed E-state index contributed by atoms with van der Waals surface area (Å²) in [7, 11) is 0. The largest absolute Gasteiger partial charge is 0.487 e. The lowest BCUT2D eigenvalue weighted by atomic mass is 10.2. The molecule has 1 aliphatic rings. The average Bonchev–Trinajstić information content (AvgIpc) is 2.68. The van der Waals surface area contributed by atoms with Crippen molar-refractivity contribution in [1.82, 2.24) is 15.0 Å². The molecule has 1 fully saturated rings. The number of carbonyl (C=O) groups is 1. The number of amides is 1. The van der Waals surface area contributed by atoms with E-state index in [0.717, 1.165) is 0 Å². The number of benzene rings is 2. The highest BCUT2D eigenvalue weighted by molar-refractivity contribution is 5.89. The van der Waals surface area contributed by atoms with Crippen molar-refractivity contribution in [1.29, 1.82) is 0 Å². The fraction of sp³-hybridized carbons (Fsp3) is 0.200. The highest BCUT2D eigenvalue weighted by Crippen LogP contribution is 2.24. The molecule has 1 aliphatic heterocycles. The quantitative estimate of drug-likeness (QED) is 0.643. The zero-order valence-corrected chi connectivity index (χ0v) is 16.0. The Balaban J connectivity index is 1.38. The van der Waals surface area contributed by atoms with Gasteiger partial charge in [-0.25, -0.2) is 18.7 Å². The molecule has 0 radical (unpaired) electrons. The van der Waals surface area contributed by atoms with Gasteiger partial charge in [-0.2, -0.15) is 4.98 Å². The first-order valence-electron chi connectivity index (χ1n) is 9.16. The maximum Gasteiger partial charge on any atom is 0.231 e. The van der Waals surface area contributed by atoms with Crippen LogP contribution in [0.2, 0.25) is 0 Å². The fourth-order valence-electron chi connectivity index (χ4n) is 2.90. The van der Waals surface area contributed by atoms with Crippen molar-refractivity contribution in [2.75, 3.05) is 28.6 Å². The van der Waals surface area contributed by atoms with E-state index < -0.39 is 5.82 Å². The molecular weight excluding hydrogens is 394 g/mol. The molecule has 2 heterocycles. The van der Waals surface area contributed by atoms with Gasteiger partial charge in [0, 0.05) is 12.6 Å². The van der Waals surface area contributed by atoms with Gasteiger partial charge in [-0.15, -0.1) is 0 Å². The van der Waals surface area contributed by atoms with Crippen LogP contribution in [0.1, 0.15) is 6.92 Å². The van der Waals surface area contributed by atoms with Crippen molar-refractivity contribution in [2.24, 2.45) is 0 Å². The molecule has 1 aromatic heterocycles. The van der Waals surface area contributed by atoms with Gasteiger partial charge < -0.3 is 20.3 Å². The monoisotopic (exact) mass is 412 g/mol. The second-order valence-corrected chi connectivity index (χ2v) is 6.71. The van der Waals surface area contributed by atoms with Gasteiger partial charge in [0.25, 0.3) is 0 Å². The van der Waals surface area contributed by atoms with E-state index in [9.17, 15) is 13.6 Å². The van der Waals surface area contributed by atoms with Crippen LogP contribution in [0.25, 0.3) is 0 Å². The second kappa shape index (κ2) is 8.27. The summed E-state index contributed by atoms with van der Waals surface area (Å²) in [5, 5.41) is 5.40. The Morgan fingerprint density at radius 1 is 1.13 bits per heavy atom. The molecule has 1 saturated heterocycles. The highest BCUT2D eigenvalue weighted by Gasteiger charge is 2.30. The van der Waals surface area contributed by atoms with Gasteiger partial charge in [0.2, 0.25) is 17.8 Å². The molecule has 2 N–H and O–H groups in total. The van der Waals surface area contributed by atoms with E-state index in [4.69, 9.17) is 4.74 Å². The predicted octanol–water partition coefficient (Wildman–Crippen LogP) is 3.12. The van der Waals surface area contributed by atoms with Gasteiger partial charge in [0.1, 0.15) is 29.8 Å². The molecule has 4 rings (SSSR count). The molecule has 30 heavy (non-hydrogen) atoms. The lowest BCUT2D eigenvalue weighted by Crippen LogP contribution is -2.54. The first kappa shape index (κ1) is 19.5. The summed E-state index contributed by atoms with van der Waals surface area (Å²) in [6, 6.07) is 10.1. The third-order valence-corrected chi connectivity index (χ3v) is 4.34. The fourth-order valence-corrected chi connectivity index (χ4v) is 2.90. The van der Waals surface area contributed by atoms with Crippen LogP contribution in [0, 0.1) is 11.6 Å². The zero-order chi connectivity index (χ0) is 21.1. The Hall–Kier alpha value is -3.82. The Bertz CT molecular complexity index is 1060. The van der Waals surface area contributed by atoms with Crippen LogP contribution in [0.3, 0.4) is 0 Å². The number of hydrogen-bond acceptors (Lipinski definition) is 7. The summed E-state index contributed by atoms with van der Waals surface area (Å²) in [6.07, 6.45) is 1.32. The van der Waals surface area contributed by atoms with Crippen molar-refractivity contribution < 1.29 is 18.3 Å². The molecule has 3 aromatic rings. The minimum Gasteiger partial charge on any atom is -0.487 e. The second-order valence-electron chi connectivity index (χ2n) is 6.71. The minimum atomic E-state index is -0.542. The molecule has 2 aromatic carbocycles. The average molecular weight is 412 g/mol. The number of nitrogens with zero attached hydrogens (tertiary/aromatic N) is 4.